The number of likely N-dealkylation sites (N-methyl/N-ethyl adjacent to an activating group) is 1. The number of likely N-dealkylation sites (tertiary alicyclic amines) is 1. The van der Waals surface area contributed by atoms with Gasteiger partial charge >= 0.3 is 0 Å². The molecule has 2 atom stereocenters. The van der Waals surface area contributed by atoms with Gasteiger partial charge in [0, 0.05) is 7.05 Å². The monoisotopic (exact) mass is 129 g/mol. The van der Waals surface area contributed by atoms with Crippen molar-refractivity contribution >= 4 is 5.91 Å². The van der Waals surface area contributed by atoms with Gasteiger partial charge in [-0.15, -0.1) is 0 Å². The fourth-order valence-electron chi connectivity index (χ4n) is 0.979. The van der Waals surface area contributed by atoms with Crippen LogP contribution in [0.3, 0.4) is 0 Å². The van der Waals surface area contributed by atoms with Crippen LogP contribution in [-0.4, -0.2) is 35.1 Å². The summed E-state index contributed by atoms with van der Waals surface area (Å²) in [5, 5.41) is 9.08. The molecule has 52 valence electrons. The maximum absolute atomic E-state index is 10.8. The summed E-state index contributed by atoms with van der Waals surface area (Å²) in [6, 6.07) is -0.00231. The molecule has 0 aliphatic carbocycles. The number of hydrogen-bond donors (Lipinski definition) is 1. The molecule has 3 nitrogen and oxygen atoms in total. The van der Waals surface area contributed by atoms with E-state index >= 15 is 0 Å². The van der Waals surface area contributed by atoms with Gasteiger partial charge in [0.25, 0.3) is 0 Å². The molecule has 1 heterocycles. The number of hydrogen-bond acceptors (Lipinski definition) is 2. The van der Waals surface area contributed by atoms with Gasteiger partial charge in [-0.25, -0.2) is 0 Å². The third-order valence-electron chi connectivity index (χ3n) is 1.94. The Balaban J connectivity index is 2.65. The molecule has 0 bridgehead atoms. The molecule has 1 amide bonds. The summed E-state index contributed by atoms with van der Waals surface area (Å²) in [7, 11) is 1.71. The first-order chi connectivity index (χ1) is 4.13. The lowest BCUT2D eigenvalue weighted by Crippen LogP contribution is -2.30. The Bertz CT molecular complexity index is 135. The summed E-state index contributed by atoms with van der Waals surface area (Å²) < 4.78 is 0. The van der Waals surface area contributed by atoms with Crippen molar-refractivity contribution < 1.29 is 9.90 Å². The second-order valence-corrected chi connectivity index (χ2v) is 2.52. The summed E-state index contributed by atoms with van der Waals surface area (Å²) in [6.07, 6.45) is -0.167. The first-order valence-corrected chi connectivity index (χ1v) is 3.06. The maximum atomic E-state index is 10.8. The summed E-state index contributed by atoms with van der Waals surface area (Å²) in [5.41, 5.74) is 0. The van der Waals surface area contributed by atoms with Crippen molar-refractivity contribution in [3.63, 3.8) is 0 Å². The summed E-state index contributed by atoms with van der Waals surface area (Å²) in [4.78, 5) is 12.3. The number of rotatable bonds is 0. The Labute approximate surface area is 54.3 Å². The van der Waals surface area contributed by atoms with E-state index in [1.54, 1.807) is 11.9 Å². The van der Waals surface area contributed by atoms with E-state index in [0.29, 0.717) is 0 Å². The molecular weight excluding hydrogens is 118 g/mol. The SMILES string of the molecule is C[C@@H]1[C@H](O)CC(=O)N1C. The molecule has 0 aromatic carbocycles. The van der Waals surface area contributed by atoms with Crippen LogP contribution in [0.5, 0.6) is 0 Å². The van der Waals surface area contributed by atoms with Crippen LogP contribution in [0.2, 0.25) is 0 Å². The van der Waals surface area contributed by atoms with E-state index < -0.39 is 6.10 Å². The average Bonchev–Trinajstić information content (AvgIpc) is 1.98. The minimum Gasteiger partial charge on any atom is -0.390 e. The minimum absolute atomic E-state index is 0.00231. The normalized spacial score (nSPS) is 35.9. The third-order valence-corrected chi connectivity index (χ3v) is 1.94. The van der Waals surface area contributed by atoms with E-state index in [1.165, 1.54) is 0 Å². The molecule has 1 aliphatic rings. The molecule has 0 saturated carbocycles. The fraction of sp³-hybridized carbons (Fsp3) is 0.833. The molecule has 0 spiro atoms. The Hall–Kier alpha value is -0.570. The average molecular weight is 129 g/mol. The predicted octanol–water partition coefficient (Wildman–Crippen LogP) is -0.402. The van der Waals surface area contributed by atoms with E-state index in [-0.39, 0.29) is 18.4 Å². The number of carbonyl (C=O) groups is 1. The maximum Gasteiger partial charge on any atom is 0.225 e. The molecule has 3 heteroatoms. The van der Waals surface area contributed by atoms with Crippen molar-refractivity contribution in [2.75, 3.05) is 7.05 Å². The van der Waals surface area contributed by atoms with E-state index in [2.05, 4.69) is 0 Å². The molecule has 1 saturated heterocycles. The van der Waals surface area contributed by atoms with Gasteiger partial charge < -0.3 is 10.0 Å². The van der Waals surface area contributed by atoms with Gasteiger partial charge in [0.1, 0.15) is 0 Å². The van der Waals surface area contributed by atoms with Crippen LogP contribution in [0.25, 0.3) is 0 Å². The van der Waals surface area contributed by atoms with E-state index in [9.17, 15) is 4.79 Å². The Kier molecular flexibility index (Phi) is 1.45. The molecule has 1 aliphatic heterocycles. The molecule has 9 heavy (non-hydrogen) atoms. The van der Waals surface area contributed by atoms with Crippen LogP contribution >= 0.6 is 0 Å². The van der Waals surface area contributed by atoms with Crippen molar-refractivity contribution in [2.24, 2.45) is 0 Å². The second kappa shape index (κ2) is 1.99. The summed E-state index contributed by atoms with van der Waals surface area (Å²) >= 11 is 0. The van der Waals surface area contributed by atoms with Gasteiger partial charge in [0.2, 0.25) is 5.91 Å². The number of aliphatic hydroxyl groups is 1. The van der Waals surface area contributed by atoms with Crippen molar-refractivity contribution in [2.45, 2.75) is 25.5 Å². The molecule has 1 fully saturated rings. The van der Waals surface area contributed by atoms with Crippen LogP contribution < -0.4 is 0 Å². The molecule has 0 radical (unpaired) electrons. The second-order valence-electron chi connectivity index (χ2n) is 2.52. The summed E-state index contributed by atoms with van der Waals surface area (Å²) in [6.45, 7) is 1.84. The van der Waals surface area contributed by atoms with Crippen molar-refractivity contribution in [3.8, 4) is 0 Å². The predicted molar refractivity (Wildman–Crippen MR) is 32.9 cm³/mol. The summed E-state index contributed by atoms with van der Waals surface area (Å²) in [5.74, 6) is 0.0370. The zero-order valence-corrected chi connectivity index (χ0v) is 5.66. The number of nitrogens with zero attached hydrogens (tertiary/aromatic N) is 1. The fourth-order valence-corrected chi connectivity index (χ4v) is 0.979. The van der Waals surface area contributed by atoms with Gasteiger partial charge in [-0.1, -0.05) is 0 Å². The highest BCUT2D eigenvalue weighted by molar-refractivity contribution is 5.79. The van der Waals surface area contributed by atoms with Crippen LogP contribution in [0.4, 0.5) is 0 Å². The van der Waals surface area contributed by atoms with E-state index in [0.717, 1.165) is 0 Å². The highest BCUT2D eigenvalue weighted by Gasteiger charge is 2.32. The first kappa shape index (κ1) is 6.55. The highest BCUT2D eigenvalue weighted by Crippen LogP contribution is 2.15. The van der Waals surface area contributed by atoms with E-state index in [1.807, 2.05) is 6.92 Å². The zero-order chi connectivity index (χ0) is 7.02. The molecule has 0 aromatic heterocycles. The number of aliphatic hydroxyl groups excluding tert-OH is 1. The molecule has 1 N–H and O–H groups in total. The molecular formula is C6H11NO2. The molecule has 0 aromatic rings. The Morgan fingerprint density at radius 2 is 2.33 bits per heavy atom. The van der Waals surface area contributed by atoms with Crippen molar-refractivity contribution in [1.82, 2.24) is 4.90 Å². The van der Waals surface area contributed by atoms with Crippen LogP contribution in [0.15, 0.2) is 0 Å². The van der Waals surface area contributed by atoms with E-state index in [4.69, 9.17) is 5.11 Å². The van der Waals surface area contributed by atoms with Crippen molar-refractivity contribution in [3.05, 3.63) is 0 Å². The minimum atomic E-state index is -0.456. The lowest BCUT2D eigenvalue weighted by molar-refractivity contribution is -0.127. The van der Waals surface area contributed by atoms with Crippen molar-refractivity contribution in [1.29, 1.82) is 0 Å². The van der Waals surface area contributed by atoms with Gasteiger partial charge in [0.15, 0.2) is 0 Å². The van der Waals surface area contributed by atoms with Gasteiger partial charge in [-0.2, -0.15) is 0 Å². The smallest absolute Gasteiger partial charge is 0.225 e. The molecule has 0 unspecified atom stereocenters. The lowest BCUT2D eigenvalue weighted by atomic mass is 10.2. The number of amides is 1. The quantitative estimate of drug-likeness (QED) is 0.483. The number of carbonyl (C=O) groups excluding carboxylic acids is 1. The standard InChI is InChI=1S/C6H11NO2/c1-4-5(8)3-6(9)7(4)2/h4-5,8H,3H2,1-2H3/t4-,5-/m1/s1. The Morgan fingerprint density at radius 1 is 1.78 bits per heavy atom. The first-order valence-electron chi connectivity index (χ1n) is 3.06. The van der Waals surface area contributed by atoms with Crippen LogP contribution in [0.1, 0.15) is 13.3 Å². The Morgan fingerprint density at radius 3 is 2.44 bits per heavy atom. The molecule has 1 rings (SSSR count). The van der Waals surface area contributed by atoms with Gasteiger partial charge in [-0.3, -0.25) is 4.79 Å². The lowest BCUT2D eigenvalue weighted by Gasteiger charge is -2.15. The van der Waals surface area contributed by atoms with Gasteiger partial charge in [0.05, 0.1) is 18.6 Å². The zero-order valence-electron chi connectivity index (χ0n) is 5.66. The van der Waals surface area contributed by atoms with Crippen LogP contribution in [-0.2, 0) is 4.79 Å². The van der Waals surface area contributed by atoms with Gasteiger partial charge in [-0.05, 0) is 6.92 Å². The third kappa shape index (κ3) is 0.920. The highest BCUT2D eigenvalue weighted by atomic mass is 16.3. The van der Waals surface area contributed by atoms with Crippen LogP contribution in [0, 0.1) is 0 Å². The topological polar surface area (TPSA) is 40.5 Å². The largest absolute Gasteiger partial charge is 0.390 e.